The molecule has 1 aromatic carbocycles. The van der Waals surface area contributed by atoms with E-state index in [0.717, 1.165) is 76.2 Å². The number of aryl methyl sites for hydroxylation is 2. The minimum absolute atomic E-state index is 0.260. The van der Waals surface area contributed by atoms with Crippen LogP contribution < -0.4 is 14.8 Å². The fourth-order valence-electron chi connectivity index (χ4n) is 3.76. The summed E-state index contributed by atoms with van der Waals surface area (Å²) < 4.78 is 17.4. The average molecular weight is 491 g/mol. The van der Waals surface area contributed by atoms with Crippen molar-refractivity contribution in [2.75, 3.05) is 38.4 Å². The number of morpholine rings is 1. The summed E-state index contributed by atoms with van der Waals surface area (Å²) in [5, 5.41) is 4.66. The minimum atomic E-state index is 0.260. The van der Waals surface area contributed by atoms with E-state index in [-0.39, 0.29) is 6.79 Å². The van der Waals surface area contributed by atoms with Crippen molar-refractivity contribution in [1.82, 2.24) is 14.9 Å². The third kappa shape index (κ3) is 3.87. The third-order valence-corrected chi connectivity index (χ3v) is 7.18. The smallest absolute Gasteiger partial charge is 0.231 e. The van der Waals surface area contributed by atoms with Gasteiger partial charge in [0.05, 0.1) is 29.6 Å². The molecule has 158 valence electrons. The zero-order valence-corrected chi connectivity index (χ0v) is 19.4. The highest BCUT2D eigenvalue weighted by atomic mass is 79.9. The first kappa shape index (κ1) is 20.0. The lowest BCUT2D eigenvalue weighted by Crippen LogP contribution is -2.36. The molecule has 0 atom stereocenters. The Labute approximate surface area is 187 Å². The predicted octanol–water partition coefficient (Wildman–Crippen LogP) is 4.24. The summed E-state index contributed by atoms with van der Waals surface area (Å²) in [7, 11) is 0. The fraction of sp³-hybridized carbons (Fsp3) is 0.429. The number of anilines is 1. The Morgan fingerprint density at radius 2 is 2.00 bits per heavy atom. The van der Waals surface area contributed by atoms with E-state index in [1.807, 2.05) is 6.07 Å². The number of nitrogens with one attached hydrogen (secondary N) is 1. The number of thiophene rings is 1. The standard InChI is InChI=1S/C21H23BrN4O3S/c1-12-13(2)30-21-18(12)20(24-17(25-21)10-26-3-5-27-6-4-26)23-9-14-7-15(22)19-16(8-14)28-11-29-19/h7-8H,3-6,9-11H2,1-2H3,(H,23,24,25). The van der Waals surface area contributed by atoms with Crippen molar-refractivity contribution in [2.24, 2.45) is 0 Å². The first-order valence-electron chi connectivity index (χ1n) is 9.97. The lowest BCUT2D eigenvalue weighted by atomic mass is 10.2. The van der Waals surface area contributed by atoms with E-state index in [4.69, 9.17) is 24.2 Å². The van der Waals surface area contributed by atoms with Gasteiger partial charge in [0.2, 0.25) is 6.79 Å². The molecule has 2 aromatic heterocycles. The molecule has 0 unspecified atom stereocenters. The predicted molar refractivity (Wildman–Crippen MR) is 121 cm³/mol. The Morgan fingerprint density at radius 1 is 1.17 bits per heavy atom. The SMILES string of the molecule is Cc1sc2nc(CN3CCOCC3)nc(NCc3cc(Br)c4c(c3)OCO4)c2c1C. The normalized spacial score (nSPS) is 16.4. The van der Waals surface area contributed by atoms with E-state index >= 15 is 0 Å². The lowest BCUT2D eigenvalue weighted by Gasteiger charge is -2.25. The molecule has 0 aliphatic carbocycles. The number of nitrogens with zero attached hydrogens (tertiary/aromatic N) is 3. The molecule has 7 nitrogen and oxygen atoms in total. The Morgan fingerprint density at radius 3 is 2.83 bits per heavy atom. The highest BCUT2D eigenvalue weighted by Crippen LogP contribution is 2.40. The van der Waals surface area contributed by atoms with Gasteiger partial charge in [0.15, 0.2) is 11.5 Å². The van der Waals surface area contributed by atoms with E-state index < -0.39 is 0 Å². The molecule has 5 rings (SSSR count). The highest BCUT2D eigenvalue weighted by molar-refractivity contribution is 9.10. The minimum Gasteiger partial charge on any atom is -0.454 e. The molecule has 2 aliphatic heterocycles. The Bertz CT molecular complexity index is 1100. The van der Waals surface area contributed by atoms with Crippen LogP contribution in [0.2, 0.25) is 0 Å². The molecule has 0 spiro atoms. The number of benzene rings is 1. The average Bonchev–Trinajstić information content (AvgIpc) is 3.32. The van der Waals surface area contributed by atoms with Crippen LogP contribution in [0.4, 0.5) is 5.82 Å². The van der Waals surface area contributed by atoms with Gasteiger partial charge in [-0.25, -0.2) is 9.97 Å². The summed E-state index contributed by atoms with van der Waals surface area (Å²) in [5.74, 6) is 3.27. The molecular formula is C21H23BrN4O3S. The van der Waals surface area contributed by atoms with Gasteiger partial charge in [0.1, 0.15) is 16.5 Å². The molecule has 0 radical (unpaired) electrons. The van der Waals surface area contributed by atoms with Gasteiger partial charge in [-0.05, 0) is 53.0 Å². The van der Waals surface area contributed by atoms with Crippen molar-refractivity contribution in [1.29, 1.82) is 0 Å². The molecule has 4 heterocycles. The number of fused-ring (bicyclic) bond motifs is 2. The summed E-state index contributed by atoms with van der Waals surface area (Å²) >= 11 is 5.30. The van der Waals surface area contributed by atoms with Gasteiger partial charge in [0, 0.05) is 24.5 Å². The molecule has 0 amide bonds. The van der Waals surface area contributed by atoms with Crippen LogP contribution in [-0.4, -0.2) is 48.0 Å². The lowest BCUT2D eigenvalue weighted by molar-refractivity contribution is 0.0331. The molecule has 1 fully saturated rings. The van der Waals surface area contributed by atoms with Crippen LogP contribution in [0.3, 0.4) is 0 Å². The summed E-state index contributed by atoms with van der Waals surface area (Å²) in [6, 6.07) is 4.07. The van der Waals surface area contributed by atoms with Gasteiger partial charge >= 0.3 is 0 Å². The van der Waals surface area contributed by atoms with E-state index in [1.165, 1.54) is 10.4 Å². The maximum Gasteiger partial charge on any atom is 0.231 e. The molecular weight excluding hydrogens is 468 g/mol. The van der Waals surface area contributed by atoms with Crippen molar-refractivity contribution in [3.05, 3.63) is 38.4 Å². The van der Waals surface area contributed by atoms with E-state index in [2.05, 4.69) is 46.1 Å². The van der Waals surface area contributed by atoms with Crippen molar-refractivity contribution < 1.29 is 14.2 Å². The summed E-state index contributed by atoms with van der Waals surface area (Å²) in [6.07, 6.45) is 0. The Balaban J connectivity index is 1.44. The van der Waals surface area contributed by atoms with Crippen LogP contribution in [-0.2, 0) is 17.8 Å². The third-order valence-electron chi connectivity index (χ3n) is 5.49. The van der Waals surface area contributed by atoms with Gasteiger partial charge in [-0.3, -0.25) is 4.90 Å². The molecule has 0 bridgehead atoms. The molecule has 1 saturated heterocycles. The summed E-state index contributed by atoms with van der Waals surface area (Å²) in [5.41, 5.74) is 2.33. The van der Waals surface area contributed by atoms with E-state index in [1.54, 1.807) is 11.3 Å². The molecule has 9 heteroatoms. The largest absolute Gasteiger partial charge is 0.454 e. The van der Waals surface area contributed by atoms with Crippen LogP contribution in [0.1, 0.15) is 21.8 Å². The van der Waals surface area contributed by atoms with Gasteiger partial charge in [-0.1, -0.05) is 0 Å². The van der Waals surface area contributed by atoms with Crippen LogP contribution in [0.15, 0.2) is 16.6 Å². The van der Waals surface area contributed by atoms with Gasteiger partial charge in [0.25, 0.3) is 0 Å². The number of hydrogen-bond donors (Lipinski definition) is 1. The topological polar surface area (TPSA) is 68.7 Å². The first-order valence-corrected chi connectivity index (χ1v) is 11.6. The first-order chi connectivity index (χ1) is 14.6. The molecule has 2 aliphatic rings. The number of rotatable bonds is 5. The zero-order chi connectivity index (χ0) is 20.7. The van der Waals surface area contributed by atoms with Gasteiger partial charge < -0.3 is 19.5 Å². The highest BCUT2D eigenvalue weighted by Gasteiger charge is 2.20. The monoisotopic (exact) mass is 490 g/mol. The Hall–Kier alpha value is -1.94. The molecule has 3 aromatic rings. The summed E-state index contributed by atoms with van der Waals surface area (Å²) in [6.45, 7) is 9.27. The van der Waals surface area contributed by atoms with Crippen molar-refractivity contribution in [3.8, 4) is 11.5 Å². The van der Waals surface area contributed by atoms with Crippen molar-refractivity contribution >= 4 is 43.3 Å². The number of halogens is 1. The van der Waals surface area contributed by atoms with Crippen LogP contribution >= 0.6 is 27.3 Å². The van der Waals surface area contributed by atoms with E-state index in [0.29, 0.717) is 6.54 Å². The van der Waals surface area contributed by atoms with Crippen LogP contribution in [0, 0.1) is 13.8 Å². The quantitative estimate of drug-likeness (QED) is 0.573. The number of hydrogen-bond acceptors (Lipinski definition) is 8. The Kier molecular flexibility index (Phi) is 5.53. The maximum atomic E-state index is 5.55. The van der Waals surface area contributed by atoms with Crippen molar-refractivity contribution in [3.63, 3.8) is 0 Å². The second kappa shape index (κ2) is 8.30. The van der Waals surface area contributed by atoms with Gasteiger partial charge in [-0.15, -0.1) is 11.3 Å². The van der Waals surface area contributed by atoms with Crippen LogP contribution in [0.5, 0.6) is 11.5 Å². The van der Waals surface area contributed by atoms with E-state index in [9.17, 15) is 0 Å². The molecule has 30 heavy (non-hydrogen) atoms. The van der Waals surface area contributed by atoms with Crippen LogP contribution in [0.25, 0.3) is 10.2 Å². The van der Waals surface area contributed by atoms with Gasteiger partial charge in [-0.2, -0.15) is 0 Å². The second-order valence-corrected chi connectivity index (χ2v) is 9.56. The zero-order valence-electron chi connectivity index (χ0n) is 17.0. The number of aromatic nitrogens is 2. The number of ether oxygens (including phenoxy) is 3. The van der Waals surface area contributed by atoms with Crippen molar-refractivity contribution in [2.45, 2.75) is 26.9 Å². The molecule has 0 saturated carbocycles. The maximum absolute atomic E-state index is 5.55. The molecule has 1 N–H and O–H groups in total. The fourth-order valence-corrected chi connectivity index (χ4v) is 5.41. The summed E-state index contributed by atoms with van der Waals surface area (Å²) in [4.78, 5) is 14.4. The second-order valence-electron chi connectivity index (χ2n) is 7.51.